The van der Waals surface area contributed by atoms with Gasteiger partial charge in [0.15, 0.2) is 0 Å². The number of aryl methyl sites for hydroxylation is 1. The van der Waals surface area contributed by atoms with E-state index in [2.05, 4.69) is 10.6 Å². The van der Waals surface area contributed by atoms with Gasteiger partial charge in [0.25, 0.3) is 0 Å². The second-order valence-corrected chi connectivity index (χ2v) is 10.5. The predicted octanol–water partition coefficient (Wildman–Crippen LogP) is 0.677. The first kappa shape index (κ1) is 20.2. The second kappa shape index (κ2) is 7.28. The normalized spacial score (nSPS) is 26.4. The molecule has 3 heterocycles. The van der Waals surface area contributed by atoms with Crippen LogP contribution in [0.1, 0.15) is 24.0 Å². The van der Waals surface area contributed by atoms with Gasteiger partial charge in [-0.1, -0.05) is 24.3 Å². The van der Waals surface area contributed by atoms with Crippen molar-refractivity contribution in [3.8, 4) is 0 Å². The molecule has 8 nitrogen and oxygen atoms in total. The maximum Gasteiger partial charge on any atom is 0.317 e. The van der Waals surface area contributed by atoms with E-state index in [0.29, 0.717) is 39.0 Å². The molecule has 3 aliphatic heterocycles. The SMILES string of the molecule is Cc1ccccc1CNC(=O)N1CCC2(CC1)NC(=O)[C@H]1CN(S(C)(=O)=O)C[C@H]12. The lowest BCUT2D eigenvalue weighted by atomic mass is 9.75. The number of amides is 3. The molecule has 0 aromatic heterocycles. The van der Waals surface area contributed by atoms with Crippen molar-refractivity contribution in [1.82, 2.24) is 19.8 Å². The number of sulfonamides is 1. The van der Waals surface area contributed by atoms with Gasteiger partial charge >= 0.3 is 6.03 Å². The van der Waals surface area contributed by atoms with Crippen molar-refractivity contribution in [3.63, 3.8) is 0 Å². The summed E-state index contributed by atoms with van der Waals surface area (Å²) in [4.78, 5) is 26.9. The lowest BCUT2D eigenvalue weighted by molar-refractivity contribution is -0.123. The van der Waals surface area contributed by atoms with Crippen molar-refractivity contribution >= 4 is 22.0 Å². The molecule has 158 valence electrons. The van der Waals surface area contributed by atoms with Gasteiger partial charge in [0.05, 0.1) is 12.2 Å². The van der Waals surface area contributed by atoms with Crippen LogP contribution in [-0.4, -0.2) is 67.5 Å². The Morgan fingerprint density at radius 1 is 1.24 bits per heavy atom. The molecule has 29 heavy (non-hydrogen) atoms. The molecule has 0 unspecified atom stereocenters. The quantitative estimate of drug-likeness (QED) is 0.751. The van der Waals surface area contributed by atoms with E-state index in [1.165, 1.54) is 10.6 Å². The Bertz CT molecular complexity index is 924. The highest BCUT2D eigenvalue weighted by molar-refractivity contribution is 7.88. The van der Waals surface area contributed by atoms with Gasteiger partial charge in [-0.3, -0.25) is 4.79 Å². The zero-order valence-corrected chi connectivity index (χ0v) is 17.7. The number of nitrogens with one attached hydrogen (secondary N) is 2. The summed E-state index contributed by atoms with van der Waals surface area (Å²) in [6.07, 6.45) is 2.49. The number of hydrogen-bond donors (Lipinski definition) is 2. The summed E-state index contributed by atoms with van der Waals surface area (Å²) in [6.45, 7) is 4.23. The first-order valence-electron chi connectivity index (χ1n) is 10.0. The molecule has 3 fully saturated rings. The number of piperidine rings is 1. The van der Waals surface area contributed by atoms with Gasteiger partial charge in [-0.05, 0) is 30.9 Å². The Hall–Kier alpha value is -2.13. The summed E-state index contributed by atoms with van der Waals surface area (Å²) in [5.41, 5.74) is 1.82. The number of hydrogen-bond acceptors (Lipinski definition) is 4. The number of carbonyl (C=O) groups excluding carboxylic acids is 2. The summed E-state index contributed by atoms with van der Waals surface area (Å²) in [6, 6.07) is 7.85. The van der Waals surface area contributed by atoms with Gasteiger partial charge in [-0.25, -0.2) is 17.5 Å². The van der Waals surface area contributed by atoms with Crippen molar-refractivity contribution in [2.24, 2.45) is 11.8 Å². The van der Waals surface area contributed by atoms with E-state index in [-0.39, 0.29) is 30.3 Å². The van der Waals surface area contributed by atoms with E-state index >= 15 is 0 Å². The lowest BCUT2D eigenvalue weighted by Gasteiger charge is -2.42. The van der Waals surface area contributed by atoms with Crippen molar-refractivity contribution in [2.45, 2.75) is 31.8 Å². The van der Waals surface area contributed by atoms with E-state index in [1.807, 2.05) is 31.2 Å². The number of fused-ring (bicyclic) bond motifs is 2. The highest BCUT2D eigenvalue weighted by Gasteiger charge is 2.58. The number of nitrogens with zero attached hydrogens (tertiary/aromatic N) is 2. The molecule has 1 aromatic carbocycles. The molecule has 3 amide bonds. The van der Waals surface area contributed by atoms with Crippen molar-refractivity contribution in [2.75, 3.05) is 32.4 Å². The number of carbonyl (C=O) groups is 2. The van der Waals surface area contributed by atoms with E-state index in [4.69, 9.17) is 0 Å². The third kappa shape index (κ3) is 3.73. The van der Waals surface area contributed by atoms with Crippen LogP contribution >= 0.6 is 0 Å². The van der Waals surface area contributed by atoms with Gasteiger partial charge in [0.1, 0.15) is 0 Å². The molecule has 9 heteroatoms. The van der Waals surface area contributed by atoms with Crippen molar-refractivity contribution in [3.05, 3.63) is 35.4 Å². The lowest BCUT2D eigenvalue weighted by Crippen LogP contribution is -2.57. The van der Waals surface area contributed by atoms with Crippen LogP contribution in [0.5, 0.6) is 0 Å². The number of rotatable bonds is 3. The molecule has 1 aromatic rings. The summed E-state index contributed by atoms with van der Waals surface area (Å²) in [5, 5.41) is 6.13. The molecule has 3 aliphatic rings. The van der Waals surface area contributed by atoms with Crippen LogP contribution in [0.3, 0.4) is 0 Å². The van der Waals surface area contributed by atoms with E-state index in [9.17, 15) is 18.0 Å². The fraction of sp³-hybridized carbons (Fsp3) is 0.600. The molecule has 0 saturated carbocycles. The zero-order chi connectivity index (χ0) is 20.8. The Morgan fingerprint density at radius 3 is 2.59 bits per heavy atom. The first-order valence-corrected chi connectivity index (χ1v) is 11.9. The summed E-state index contributed by atoms with van der Waals surface area (Å²) >= 11 is 0. The van der Waals surface area contributed by atoms with Crippen LogP contribution in [-0.2, 0) is 21.4 Å². The minimum Gasteiger partial charge on any atom is -0.350 e. The van der Waals surface area contributed by atoms with Gasteiger partial charge < -0.3 is 15.5 Å². The third-order valence-electron chi connectivity index (χ3n) is 6.81. The first-order chi connectivity index (χ1) is 13.7. The highest BCUT2D eigenvalue weighted by Crippen LogP contribution is 2.44. The van der Waals surface area contributed by atoms with Gasteiger partial charge in [-0.2, -0.15) is 0 Å². The van der Waals surface area contributed by atoms with Crippen LogP contribution in [0.15, 0.2) is 24.3 Å². The second-order valence-electron chi connectivity index (χ2n) is 8.51. The van der Waals surface area contributed by atoms with Crippen LogP contribution in [0.25, 0.3) is 0 Å². The molecule has 2 N–H and O–H groups in total. The maximum absolute atomic E-state index is 12.6. The smallest absolute Gasteiger partial charge is 0.317 e. The molecule has 1 spiro atoms. The fourth-order valence-corrected chi connectivity index (χ4v) is 5.85. The van der Waals surface area contributed by atoms with E-state index in [1.54, 1.807) is 4.90 Å². The predicted molar refractivity (Wildman–Crippen MR) is 108 cm³/mol. The average molecular weight is 421 g/mol. The van der Waals surface area contributed by atoms with Crippen molar-refractivity contribution < 1.29 is 18.0 Å². The minimum atomic E-state index is -3.31. The average Bonchev–Trinajstić information content (AvgIpc) is 3.23. The van der Waals surface area contributed by atoms with Crippen molar-refractivity contribution in [1.29, 1.82) is 0 Å². The van der Waals surface area contributed by atoms with E-state index in [0.717, 1.165) is 11.1 Å². The molecular weight excluding hydrogens is 392 g/mol. The molecule has 3 saturated heterocycles. The number of urea groups is 1. The summed E-state index contributed by atoms with van der Waals surface area (Å²) in [7, 11) is -3.31. The molecular formula is C20H28N4O4S. The molecule has 0 aliphatic carbocycles. The molecule has 0 bridgehead atoms. The van der Waals surface area contributed by atoms with Crippen LogP contribution in [0, 0.1) is 18.8 Å². The topological polar surface area (TPSA) is 98.8 Å². The number of benzene rings is 1. The molecule has 2 atom stereocenters. The Labute approximate surface area is 171 Å². The monoisotopic (exact) mass is 420 g/mol. The maximum atomic E-state index is 12.6. The Kier molecular flexibility index (Phi) is 5.06. The van der Waals surface area contributed by atoms with E-state index < -0.39 is 15.6 Å². The minimum absolute atomic E-state index is 0.0260. The van der Waals surface area contributed by atoms with Gasteiger partial charge in [0, 0.05) is 44.2 Å². The fourth-order valence-electron chi connectivity index (χ4n) is 4.99. The van der Waals surface area contributed by atoms with Crippen LogP contribution < -0.4 is 10.6 Å². The Morgan fingerprint density at radius 2 is 1.93 bits per heavy atom. The van der Waals surface area contributed by atoms with Crippen LogP contribution in [0.4, 0.5) is 4.79 Å². The largest absolute Gasteiger partial charge is 0.350 e. The number of likely N-dealkylation sites (tertiary alicyclic amines) is 1. The summed E-state index contributed by atoms with van der Waals surface area (Å²) < 4.78 is 25.3. The zero-order valence-electron chi connectivity index (χ0n) is 16.8. The molecule has 0 radical (unpaired) electrons. The molecule has 4 rings (SSSR count). The summed E-state index contributed by atoms with van der Waals surface area (Å²) in [5.74, 6) is -0.369. The third-order valence-corrected chi connectivity index (χ3v) is 8.04. The van der Waals surface area contributed by atoms with Gasteiger partial charge in [0.2, 0.25) is 15.9 Å². The Balaban J connectivity index is 1.37. The standard InChI is InChI=1S/C20H28N4O4S/c1-14-5-3-4-6-15(14)11-21-19(26)23-9-7-20(8-10-23)17-13-24(29(2,27)28)12-16(17)18(25)22-20/h3-6,16-17H,7-13H2,1-2H3,(H,21,26)(H,22,25)/t16-,17+/m0/s1. The van der Waals surface area contributed by atoms with Crippen LogP contribution in [0.2, 0.25) is 0 Å². The highest BCUT2D eigenvalue weighted by atomic mass is 32.2. The van der Waals surface area contributed by atoms with Gasteiger partial charge in [-0.15, -0.1) is 0 Å².